The smallest absolute Gasteiger partial charge is 0.253 e. The zero-order chi connectivity index (χ0) is 14.5. The molecule has 0 radical (unpaired) electrons. The van der Waals surface area contributed by atoms with Crippen LogP contribution in [-0.4, -0.2) is 29.4 Å². The molecule has 110 valence electrons. The average Bonchev–Trinajstić information content (AvgIpc) is 2.90. The molecule has 0 atom stereocenters. The van der Waals surface area contributed by atoms with Gasteiger partial charge in [0, 0.05) is 24.8 Å². The minimum Gasteiger partial charge on any atom is -0.341 e. The van der Waals surface area contributed by atoms with Crippen LogP contribution in [0.25, 0.3) is 0 Å². The van der Waals surface area contributed by atoms with Gasteiger partial charge in [0.15, 0.2) is 0 Å². The summed E-state index contributed by atoms with van der Waals surface area (Å²) in [5.41, 5.74) is 1.56. The van der Waals surface area contributed by atoms with Crippen LogP contribution in [-0.2, 0) is 6.42 Å². The van der Waals surface area contributed by atoms with E-state index >= 15 is 0 Å². The van der Waals surface area contributed by atoms with Crippen LogP contribution < -0.4 is 0 Å². The number of halogens is 1. The largest absolute Gasteiger partial charge is 0.341 e. The van der Waals surface area contributed by atoms with E-state index in [0.717, 1.165) is 25.1 Å². The van der Waals surface area contributed by atoms with Crippen LogP contribution in [0.2, 0.25) is 5.15 Å². The van der Waals surface area contributed by atoms with E-state index < -0.39 is 0 Å². The molecule has 1 amide bonds. The number of amides is 1. The molecule has 1 aliphatic rings. The molecule has 3 nitrogen and oxygen atoms in total. The summed E-state index contributed by atoms with van der Waals surface area (Å²) in [6.45, 7) is 2.94. The molecule has 2 rings (SSSR count). The van der Waals surface area contributed by atoms with Gasteiger partial charge in [0.05, 0.1) is 0 Å². The van der Waals surface area contributed by atoms with Crippen LogP contribution in [0.3, 0.4) is 0 Å². The SMILES string of the molecule is CCCc1cc(C(=O)N(C)CC2CCCC2)cc(Cl)n1. The van der Waals surface area contributed by atoms with Crippen LogP contribution >= 0.6 is 11.6 Å². The second kappa shape index (κ2) is 7.07. The van der Waals surface area contributed by atoms with Crippen molar-refractivity contribution >= 4 is 17.5 Å². The van der Waals surface area contributed by atoms with E-state index in [1.807, 2.05) is 18.0 Å². The summed E-state index contributed by atoms with van der Waals surface area (Å²) in [5.74, 6) is 0.718. The van der Waals surface area contributed by atoms with Crippen LogP contribution in [0.1, 0.15) is 55.1 Å². The maximum Gasteiger partial charge on any atom is 0.253 e. The van der Waals surface area contributed by atoms with Crippen molar-refractivity contribution in [1.82, 2.24) is 9.88 Å². The molecule has 1 aliphatic carbocycles. The first-order chi connectivity index (χ1) is 9.60. The highest BCUT2D eigenvalue weighted by Crippen LogP contribution is 2.25. The lowest BCUT2D eigenvalue weighted by Crippen LogP contribution is -2.31. The molecular formula is C16H23ClN2O. The zero-order valence-corrected chi connectivity index (χ0v) is 13.1. The molecule has 20 heavy (non-hydrogen) atoms. The topological polar surface area (TPSA) is 33.2 Å². The van der Waals surface area contributed by atoms with Gasteiger partial charge in [-0.25, -0.2) is 4.98 Å². The van der Waals surface area contributed by atoms with Crippen molar-refractivity contribution in [3.05, 3.63) is 28.5 Å². The zero-order valence-electron chi connectivity index (χ0n) is 12.4. The van der Waals surface area contributed by atoms with Crippen molar-refractivity contribution in [2.75, 3.05) is 13.6 Å². The second-order valence-electron chi connectivity index (χ2n) is 5.76. The minimum absolute atomic E-state index is 0.0542. The summed E-state index contributed by atoms with van der Waals surface area (Å²) in [6, 6.07) is 3.55. The average molecular weight is 295 g/mol. The normalized spacial score (nSPS) is 15.6. The first-order valence-electron chi connectivity index (χ1n) is 7.52. The van der Waals surface area contributed by atoms with Gasteiger partial charge in [0.2, 0.25) is 0 Å². The van der Waals surface area contributed by atoms with E-state index in [9.17, 15) is 4.79 Å². The Hall–Kier alpha value is -1.09. The standard InChI is InChI=1S/C16H23ClN2O/c1-3-6-14-9-13(10-15(17)18-14)16(20)19(2)11-12-7-4-5-8-12/h9-10,12H,3-8,11H2,1-2H3. The first kappa shape index (κ1) is 15.3. The Morgan fingerprint density at radius 3 is 2.75 bits per heavy atom. The minimum atomic E-state index is 0.0542. The molecule has 1 aromatic rings. The number of rotatable bonds is 5. The summed E-state index contributed by atoms with van der Waals surface area (Å²) in [6.07, 6.45) is 6.94. The number of nitrogens with zero attached hydrogens (tertiary/aromatic N) is 2. The molecule has 1 saturated carbocycles. The lowest BCUT2D eigenvalue weighted by atomic mass is 10.1. The number of pyridine rings is 1. The number of aromatic nitrogens is 1. The quantitative estimate of drug-likeness (QED) is 0.770. The Kier molecular flexibility index (Phi) is 5.41. The van der Waals surface area contributed by atoms with Gasteiger partial charge in [-0.3, -0.25) is 4.79 Å². The van der Waals surface area contributed by atoms with E-state index in [4.69, 9.17) is 11.6 Å². The molecule has 1 aromatic heterocycles. The third kappa shape index (κ3) is 3.95. The van der Waals surface area contributed by atoms with Crippen molar-refractivity contribution in [2.24, 2.45) is 5.92 Å². The highest BCUT2D eigenvalue weighted by atomic mass is 35.5. The highest BCUT2D eigenvalue weighted by Gasteiger charge is 2.20. The van der Waals surface area contributed by atoms with E-state index in [-0.39, 0.29) is 5.91 Å². The number of hydrogen-bond acceptors (Lipinski definition) is 2. The monoisotopic (exact) mass is 294 g/mol. The molecule has 0 spiro atoms. The first-order valence-corrected chi connectivity index (χ1v) is 7.90. The predicted molar refractivity (Wildman–Crippen MR) is 82.2 cm³/mol. The van der Waals surface area contributed by atoms with E-state index in [2.05, 4.69) is 11.9 Å². The fourth-order valence-electron chi connectivity index (χ4n) is 2.94. The third-order valence-electron chi connectivity index (χ3n) is 3.95. The van der Waals surface area contributed by atoms with Gasteiger partial charge in [-0.05, 0) is 37.3 Å². The summed E-state index contributed by atoms with van der Waals surface area (Å²) in [7, 11) is 1.88. The van der Waals surface area contributed by atoms with Crippen LogP contribution in [0.5, 0.6) is 0 Å². The summed E-state index contributed by atoms with van der Waals surface area (Å²) >= 11 is 6.02. The van der Waals surface area contributed by atoms with Gasteiger partial charge in [0.25, 0.3) is 5.91 Å². The molecule has 0 N–H and O–H groups in total. The number of hydrogen-bond donors (Lipinski definition) is 0. The summed E-state index contributed by atoms with van der Waals surface area (Å²) < 4.78 is 0. The highest BCUT2D eigenvalue weighted by molar-refractivity contribution is 6.29. The molecule has 0 aromatic carbocycles. The molecule has 4 heteroatoms. The van der Waals surface area contributed by atoms with E-state index in [1.54, 1.807) is 6.07 Å². The molecule has 0 unspecified atom stereocenters. The lowest BCUT2D eigenvalue weighted by molar-refractivity contribution is 0.0773. The van der Waals surface area contributed by atoms with Gasteiger partial charge in [0.1, 0.15) is 5.15 Å². The van der Waals surface area contributed by atoms with E-state index in [0.29, 0.717) is 16.6 Å². The Balaban J connectivity index is 2.06. The third-order valence-corrected chi connectivity index (χ3v) is 4.15. The summed E-state index contributed by atoms with van der Waals surface area (Å²) in [4.78, 5) is 18.6. The second-order valence-corrected chi connectivity index (χ2v) is 6.14. The number of carbonyl (C=O) groups is 1. The molecule has 0 bridgehead atoms. The van der Waals surface area contributed by atoms with Crippen molar-refractivity contribution in [3.8, 4) is 0 Å². The van der Waals surface area contributed by atoms with Crippen molar-refractivity contribution in [2.45, 2.75) is 45.4 Å². The van der Waals surface area contributed by atoms with Crippen LogP contribution in [0.15, 0.2) is 12.1 Å². The maximum atomic E-state index is 12.5. The van der Waals surface area contributed by atoms with Crippen molar-refractivity contribution in [1.29, 1.82) is 0 Å². The Labute approximate surface area is 126 Å². The van der Waals surface area contributed by atoms with Gasteiger partial charge in [-0.1, -0.05) is 37.8 Å². The van der Waals surface area contributed by atoms with E-state index in [1.165, 1.54) is 25.7 Å². The van der Waals surface area contributed by atoms with Gasteiger partial charge in [-0.2, -0.15) is 0 Å². The molecule has 0 aliphatic heterocycles. The summed E-state index contributed by atoms with van der Waals surface area (Å²) in [5, 5.41) is 0.411. The molecule has 1 heterocycles. The molecular weight excluding hydrogens is 272 g/mol. The molecule has 1 fully saturated rings. The Morgan fingerprint density at radius 1 is 1.40 bits per heavy atom. The van der Waals surface area contributed by atoms with Crippen LogP contribution in [0.4, 0.5) is 0 Å². The number of carbonyl (C=O) groups excluding carboxylic acids is 1. The lowest BCUT2D eigenvalue weighted by Gasteiger charge is -2.21. The Morgan fingerprint density at radius 2 is 2.10 bits per heavy atom. The van der Waals surface area contributed by atoms with Crippen LogP contribution in [0, 0.1) is 5.92 Å². The van der Waals surface area contributed by atoms with Crippen molar-refractivity contribution in [3.63, 3.8) is 0 Å². The van der Waals surface area contributed by atoms with Gasteiger partial charge < -0.3 is 4.90 Å². The van der Waals surface area contributed by atoms with Gasteiger partial charge >= 0.3 is 0 Å². The predicted octanol–water partition coefficient (Wildman–Crippen LogP) is 3.95. The fraction of sp³-hybridized carbons (Fsp3) is 0.625. The van der Waals surface area contributed by atoms with Gasteiger partial charge in [-0.15, -0.1) is 0 Å². The number of aryl methyl sites for hydroxylation is 1. The fourth-order valence-corrected chi connectivity index (χ4v) is 3.17. The maximum absolute atomic E-state index is 12.5. The van der Waals surface area contributed by atoms with Crippen molar-refractivity contribution < 1.29 is 4.79 Å². The molecule has 0 saturated heterocycles. The Bertz CT molecular complexity index is 470.